The van der Waals surface area contributed by atoms with Crippen LogP contribution in [0.1, 0.15) is 30.5 Å². The highest BCUT2D eigenvalue weighted by Gasteiger charge is 2.10. The minimum Gasteiger partial charge on any atom is -0.457 e. The Labute approximate surface area is 119 Å². The zero-order valence-corrected chi connectivity index (χ0v) is 11.9. The Bertz CT molecular complexity index is 568. The molecule has 19 heavy (non-hydrogen) atoms. The van der Waals surface area contributed by atoms with E-state index in [0.29, 0.717) is 0 Å². The first-order valence-corrected chi connectivity index (χ1v) is 6.78. The summed E-state index contributed by atoms with van der Waals surface area (Å²) in [5.74, 6) is 1.58. The summed E-state index contributed by atoms with van der Waals surface area (Å²) in [5, 5.41) is 0.742. The maximum absolute atomic E-state index is 6.10. The van der Waals surface area contributed by atoms with Crippen LogP contribution >= 0.6 is 11.6 Å². The minimum atomic E-state index is -0.00963. The second-order valence-corrected chi connectivity index (χ2v) is 4.97. The first-order valence-electron chi connectivity index (χ1n) is 6.40. The van der Waals surface area contributed by atoms with Crippen LogP contribution in [0, 0.1) is 6.92 Å². The Morgan fingerprint density at radius 2 is 1.95 bits per heavy atom. The first kappa shape index (κ1) is 13.9. The summed E-state index contributed by atoms with van der Waals surface area (Å²) in [7, 11) is 0. The summed E-state index contributed by atoms with van der Waals surface area (Å²) in [6.45, 7) is 4.02. The number of aryl methyl sites for hydroxylation is 1. The summed E-state index contributed by atoms with van der Waals surface area (Å²) >= 11 is 6.01. The van der Waals surface area contributed by atoms with Gasteiger partial charge in [-0.3, -0.25) is 0 Å². The van der Waals surface area contributed by atoms with Gasteiger partial charge in [-0.15, -0.1) is 0 Å². The Morgan fingerprint density at radius 3 is 2.63 bits per heavy atom. The molecule has 100 valence electrons. The maximum Gasteiger partial charge on any atom is 0.132 e. The molecule has 0 heterocycles. The number of ether oxygens (including phenoxy) is 1. The van der Waals surface area contributed by atoms with E-state index in [9.17, 15) is 0 Å². The minimum absolute atomic E-state index is 0.00963. The molecule has 2 aromatic carbocycles. The second-order valence-electron chi connectivity index (χ2n) is 4.57. The Kier molecular flexibility index (Phi) is 4.46. The van der Waals surface area contributed by atoms with Gasteiger partial charge in [0.1, 0.15) is 11.5 Å². The standard InChI is InChI=1S/C16H18ClNO/c1-3-15(18)13-6-4-5-7-16(13)19-12-8-9-14(17)11(2)10-12/h4-10,15H,3,18H2,1-2H3. The van der Waals surface area contributed by atoms with Gasteiger partial charge in [0.05, 0.1) is 0 Å². The molecule has 0 fully saturated rings. The van der Waals surface area contributed by atoms with Gasteiger partial charge in [-0.1, -0.05) is 36.7 Å². The highest BCUT2D eigenvalue weighted by Crippen LogP contribution is 2.31. The molecule has 2 N–H and O–H groups in total. The lowest BCUT2D eigenvalue weighted by atomic mass is 10.0. The quantitative estimate of drug-likeness (QED) is 0.866. The van der Waals surface area contributed by atoms with Crippen molar-refractivity contribution in [2.24, 2.45) is 5.73 Å². The molecule has 2 nitrogen and oxygen atoms in total. The molecule has 0 amide bonds. The van der Waals surface area contributed by atoms with E-state index in [4.69, 9.17) is 22.1 Å². The number of benzene rings is 2. The summed E-state index contributed by atoms with van der Waals surface area (Å²) in [6, 6.07) is 13.5. The van der Waals surface area contributed by atoms with Crippen molar-refractivity contribution < 1.29 is 4.74 Å². The molecule has 0 saturated heterocycles. The topological polar surface area (TPSA) is 35.2 Å². The predicted octanol–water partition coefficient (Wildman–Crippen LogP) is 4.85. The number of para-hydroxylation sites is 1. The molecule has 2 aromatic rings. The summed E-state index contributed by atoms with van der Waals surface area (Å²) < 4.78 is 5.93. The number of hydrogen-bond donors (Lipinski definition) is 1. The van der Waals surface area contributed by atoms with Crippen LogP contribution in [0.5, 0.6) is 11.5 Å². The van der Waals surface area contributed by atoms with Crippen LogP contribution in [0.2, 0.25) is 5.02 Å². The molecule has 1 atom stereocenters. The molecule has 2 rings (SSSR count). The van der Waals surface area contributed by atoms with Crippen LogP contribution < -0.4 is 10.5 Å². The van der Waals surface area contributed by atoms with Crippen molar-refractivity contribution in [1.82, 2.24) is 0 Å². The van der Waals surface area contributed by atoms with E-state index in [-0.39, 0.29) is 6.04 Å². The molecule has 0 spiro atoms. The molecule has 0 radical (unpaired) electrons. The smallest absolute Gasteiger partial charge is 0.132 e. The van der Waals surface area contributed by atoms with Crippen molar-refractivity contribution in [3.05, 3.63) is 58.6 Å². The van der Waals surface area contributed by atoms with Crippen molar-refractivity contribution in [3.63, 3.8) is 0 Å². The Balaban J connectivity index is 2.30. The van der Waals surface area contributed by atoms with Crippen LogP contribution in [-0.4, -0.2) is 0 Å². The molecular formula is C16H18ClNO. The molecular weight excluding hydrogens is 258 g/mol. The lowest BCUT2D eigenvalue weighted by Crippen LogP contribution is -2.09. The SMILES string of the molecule is CCC(N)c1ccccc1Oc1ccc(Cl)c(C)c1. The van der Waals surface area contributed by atoms with E-state index in [0.717, 1.165) is 34.1 Å². The van der Waals surface area contributed by atoms with Crippen LogP contribution in [0.25, 0.3) is 0 Å². The van der Waals surface area contributed by atoms with E-state index >= 15 is 0 Å². The third-order valence-corrected chi connectivity index (χ3v) is 3.54. The van der Waals surface area contributed by atoms with E-state index in [1.165, 1.54) is 0 Å². The van der Waals surface area contributed by atoms with Gasteiger partial charge < -0.3 is 10.5 Å². The van der Waals surface area contributed by atoms with Gasteiger partial charge in [-0.25, -0.2) is 0 Å². The summed E-state index contributed by atoms with van der Waals surface area (Å²) in [4.78, 5) is 0. The summed E-state index contributed by atoms with van der Waals surface area (Å²) in [5.41, 5.74) is 8.12. The average Bonchev–Trinajstić information content (AvgIpc) is 2.43. The van der Waals surface area contributed by atoms with Crippen molar-refractivity contribution in [3.8, 4) is 11.5 Å². The van der Waals surface area contributed by atoms with Crippen LogP contribution in [0.4, 0.5) is 0 Å². The lowest BCUT2D eigenvalue weighted by molar-refractivity contribution is 0.468. The number of nitrogens with two attached hydrogens (primary N) is 1. The normalized spacial score (nSPS) is 12.2. The molecule has 1 unspecified atom stereocenters. The molecule has 0 saturated carbocycles. The van der Waals surface area contributed by atoms with Crippen molar-refractivity contribution in [1.29, 1.82) is 0 Å². The van der Waals surface area contributed by atoms with Gasteiger partial charge in [0.15, 0.2) is 0 Å². The molecule has 0 bridgehead atoms. The molecule has 0 aromatic heterocycles. The van der Waals surface area contributed by atoms with Crippen molar-refractivity contribution in [2.45, 2.75) is 26.3 Å². The van der Waals surface area contributed by atoms with Crippen LogP contribution in [0.15, 0.2) is 42.5 Å². The van der Waals surface area contributed by atoms with E-state index < -0.39 is 0 Å². The molecule has 3 heteroatoms. The van der Waals surface area contributed by atoms with E-state index in [2.05, 4.69) is 6.92 Å². The third-order valence-electron chi connectivity index (χ3n) is 3.12. The Hall–Kier alpha value is -1.51. The van der Waals surface area contributed by atoms with Crippen LogP contribution in [-0.2, 0) is 0 Å². The first-order chi connectivity index (χ1) is 9.11. The van der Waals surface area contributed by atoms with Gasteiger partial charge in [-0.05, 0) is 43.2 Å². The molecule has 0 aliphatic heterocycles. The fraction of sp³-hybridized carbons (Fsp3) is 0.250. The zero-order chi connectivity index (χ0) is 13.8. The molecule has 0 aliphatic carbocycles. The van der Waals surface area contributed by atoms with E-state index in [1.54, 1.807) is 0 Å². The highest BCUT2D eigenvalue weighted by molar-refractivity contribution is 6.31. The van der Waals surface area contributed by atoms with Crippen molar-refractivity contribution >= 4 is 11.6 Å². The van der Waals surface area contributed by atoms with Gasteiger partial charge in [-0.2, -0.15) is 0 Å². The number of halogens is 1. The van der Waals surface area contributed by atoms with Gasteiger partial charge >= 0.3 is 0 Å². The third kappa shape index (κ3) is 3.28. The lowest BCUT2D eigenvalue weighted by Gasteiger charge is -2.15. The maximum atomic E-state index is 6.10. The average molecular weight is 276 g/mol. The number of rotatable bonds is 4. The monoisotopic (exact) mass is 275 g/mol. The van der Waals surface area contributed by atoms with Crippen molar-refractivity contribution in [2.75, 3.05) is 0 Å². The second kappa shape index (κ2) is 6.09. The predicted molar refractivity (Wildman–Crippen MR) is 79.9 cm³/mol. The van der Waals surface area contributed by atoms with E-state index in [1.807, 2.05) is 49.4 Å². The van der Waals surface area contributed by atoms with Gasteiger partial charge in [0, 0.05) is 16.6 Å². The zero-order valence-electron chi connectivity index (χ0n) is 11.2. The highest BCUT2D eigenvalue weighted by atomic mass is 35.5. The summed E-state index contributed by atoms with van der Waals surface area (Å²) in [6.07, 6.45) is 0.875. The largest absolute Gasteiger partial charge is 0.457 e. The van der Waals surface area contributed by atoms with Gasteiger partial charge in [0.2, 0.25) is 0 Å². The fourth-order valence-corrected chi connectivity index (χ4v) is 2.02. The molecule has 0 aliphatic rings. The van der Waals surface area contributed by atoms with Crippen LogP contribution in [0.3, 0.4) is 0 Å². The fourth-order valence-electron chi connectivity index (χ4n) is 1.91. The van der Waals surface area contributed by atoms with Gasteiger partial charge in [0.25, 0.3) is 0 Å². The Morgan fingerprint density at radius 1 is 1.21 bits per heavy atom. The number of hydrogen-bond acceptors (Lipinski definition) is 2.